The van der Waals surface area contributed by atoms with Crippen LogP contribution in [0.25, 0.3) is 0 Å². The number of hydrogen-bond donors (Lipinski definition) is 2. The Kier molecular flexibility index (Phi) is 1.31. The van der Waals surface area contributed by atoms with Crippen molar-refractivity contribution in [1.82, 2.24) is 0 Å². The van der Waals surface area contributed by atoms with E-state index in [2.05, 4.69) is 0 Å². The molecular formula is C9H12O5. The van der Waals surface area contributed by atoms with Crippen molar-refractivity contribution < 1.29 is 24.5 Å². The normalized spacial score (nSPS) is 60.2. The molecule has 5 nitrogen and oxygen atoms in total. The van der Waals surface area contributed by atoms with Gasteiger partial charge in [0.2, 0.25) is 0 Å². The molecule has 14 heavy (non-hydrogen) atoms. The van der Waals surface area contributed by atoms with Crippen molar-refractivity contribution in [3.63, 3.8) is 0 Å². The quantitative estimate of drug-likeness (QED) is 0.380. The Labute approximate surface area is 80.6 Å². The first-order chi connectivity index (χ1) is 6.50. The second kappa shape index (κ2) is 2.13. The van der Waals surface area contributed by atoms with Crippen LogP contribution in [0.4, 0.5) is 0 Å². The Morgan fingerprint density at radius 3 is 2.93 bits per heavy atom. The summed E-state index contributed by atoms with van der Waals surface area (Å²) in [5.41, 5.74) is -2.06. The first-order valence-corrected chi connectivity index (χ1v) is 4.75. The predicted octanol–water partition coefficient (Wildman–Crippen LogP) is -1.19. The summed E-state index contributed by atoms with van der Waals surface area (Å²) in [5.74, 6) is -1.19. The van der Waals surface area contributed by atoms with Crippen LogP contribution < -0.4 is 0 Å². The van der Waals surface area contributed by atoms with Crippen LogP contribution in [0.1, 0.15) is 13.3 Å². The zero-order valence-corrected chi connectivity index (χ0v) is 7.77. The van der Waals surface area contributed by atoms with E-state index in [1.807, 2.05) is 0 Å². The predicted molar refractivity (Wildman–Crippen MR) is 43.3 cm³/mol. The van der Waals surface area contributed by atoms with Crippen LogP contribution in [-0.4, -0.2) is 46.2 Å². The number of hydrogen-bond acceptors (Lipinski definition) is 5. The molecule has 0 spiro atoms. The van der Waals surface area contributed by atoms with E-state index in [1.165, 1.54) is 0 Å². The largest absolute Gasteiger partial charge is 0.465 e. The Morgan fingerprint density at radius 2 is 2.29 bits per heavy atom. The highest BCUT2D eigenvalue weighted by molar-refractivity contribution is 5.78. The minimum absolute atomic E-state index is 0.172. The number of esters is 1. The third-order valence-electron chi connectivity index (χ3n) is 3.74. The number of cyclic esters (lactones) is 1. The van der Waals surface area contributed by atoms with Gasteiger partial charge in [-0.3, -0.25) is 4.79 Å². The topological polar surface area (TPSA) is 79.3 Å². The number of carbonyl (C=O) groups is 1. The summed E-state index contributed by atoms with van der Waals surface area (Å²) in [6.45, 7) is 1.90. The summed E-state index contributed by atoms with van der Waals surface area (Å²) in [6, 6.07) is 0. The first-order valence-electron chi connectivity index (χ1n) is 4.75. The van der Waals surface area contributed by atoms with Crippen LogP contribution in [-0.2, 0) is 14.3 Å². The van der Waals surface area contributed by atoms with Crippen molar-refractivity contribution in [2.45, 2.75) is 36.8 Å². The molecule has 3 aliphatic rings. The van der Waals surface area contributed by atoms with Crippen molar-refractivity contribution in [2.24, 2.45) is 5.92 Å². The molecule has 0 aromatic heterocycles. The third-order valence-corrected chi connectivity index (χ3v) is 3.74. The number of aliphatic hydroxyl groups excluding tert-OH is 1. The SMILES string of the molecule is CC12O[C@H]1C(O)[C@@]1(O)CCOC(=O)[C@H]21. The number of fused-ring (bicyclic) bond motifs is 3. The van der Waals surface area contributed by atoms with Crippen molar-refractivity contribution in [3.8, 4) is 0 Å². The summed E-state index contributed by atoms with van der Waals surface area (Å²) in [4.78, 5) is 11.5. The van der Waals surface area contributed by atoms with Gasteiger partial charge in [0, 0.05) is 6.42 Å². The molecule has 5 atom stereocenters. The molecule has 3 fully saturated rings. The zero-order valence-electron chi connectivity index (χ0n) is 7.77. The van der Waals surface area contributed by atoms with E-state index in [9.17, 15) is 15.0 Å². The average molecular weight is 200 g/mol. The summed E-state index contributed by atoms with van der Waals surface area (Å²) in [5, 5.41) is 20.0. The number of ether oxygens (including phenoxy) is 2. The van der Waals surface area contributed by atoms with Gasteiger partial charge < -0.3 is 19.7 Å². The minimum atomic E-state index is -1.34. The summed E-state index contributed by atoms with van der Waals surface area (Å²) in [6.07, 6.45) is -1.09. The summed E-state index contributed by atoms with van der Waals surface area (Å²) < 4.78 is 10.1. The van der Waals surface area contributed by atoms with Gasteiger partial charge in [0.15, 0.2) is 0 Å². The van der Waals surface area contributed by atoms with E-state index < -0.39 is 35.3 Å². The van der Waals surface area contributed by atoms with E-state index in [0.717, 1.165) is 0 Å². The molecular weight excluding hydrogens is 188 g/mol. The lowest BCUT2D eigenvalue weighted by Gasteiger charge is -2.38. The average Bonchev–Trinajstić information content (AvgIpc) is 2.72. The monoisotopic (exact) mass is 200 g/mol. The highest BCUT2D eigenvalue weighted by Gasteiger charge is 2.79. The molecule has 0 bridgehead atoms. The van der Waals surface area contributed by atoms with Crippen LogP contribution in [0.3, 0.4) is 0 Å². The second-order valence-electron chi connectivity index (χ2n) is 4.51. The molecule has 1 saturated carbocycles. The highest BCUT2D eigenvalue weighted by atomic mass is 16.6. The van der Waals surface area contributed by atoms with Crippen LogP contribution in [0, 0.1) is 5.92 Å². The summed E-state index contributed by atoms with van der Waals surface area (Å²) in [7, 11) is 0. The molecule has 2 heterocycles. The van der Waals surface area contributed by atoms with Crippen molar-refractivity contribution in [2.75, 3.05) is 6.61 Å². The van der Waals surface area contributed by atoms with Gasteiger partial charge in [0.25, 0.3) is 0 Å². The Balaban J connectivity index is 2.05. The zero-order chi connectivity index (χ0) is 10.1. The molecule has 78 valence electrons. The maximum absolute atomic E-state index is 11.5. The lowest BCUT2D eigenvalue weighted by molar-refractivity contribution is -0.195. The van der Waals surface area contributed by atoms with Gasteiger partial charge >= 0.3 is 5.97 Å². The van der Waals surface area contributed by atoms with E-state index in [1.54, 1.807) is 6.92 Å². The van der Waals surface area contributed by atoms with Gasteiger partial charge in [-0.25, -0.2) is 0 Å². The van der Waals surface area contributed by atoms with Crippen LogP contribution >= 0.6 is 0 Å². The molecule has 0 aromatic carbocycles. The fraction of sp³-hybridized carbons (Fsp3) is 0.889. The number of aliphatic hydroxyl groups is 2. The van der Waals surface area contributed by atoms with Crippen molar-refractivity contribution in [3.05, 3.63) is 0 Å². The number of carbonyl (C=O) groups excluding carboxylic acids is 1. The maximum Gasteiger partial charge on any atom is 0.315 e. The fourth-order valence-electron chi connectivity index (χ4n) is 2.91. The fourth-order valence-corrected chi connectivity index (χ4v) is 2.91. The molecule has 0 amide bonds. The molecule has 0 radical (unpaired) electrons. The smallest absolute Gasteiger partial charge is 0.315 e. The molecule has 1 aliphatic carbocycles. The van der Waals surface area contributed by atoms with Gasteiger partial charge in [0.1, 0.15) is 29.3 Å². The van der Waals surface area contributed by atoms with E-state index in [0.29, 0.717) is 6.42 Å². The number of rotatable bonds is 0. The van der Waals surface area contributed by atoms with Crippen molar-refractivity contribution >= 4 is 5.97 Å². The molecule has 5 heteroatoms. The van der Waals surface area contributed by atoms with E-state index in [4.69, 9.17) is 9.47 Å². The Morgan fingerprint density at radius 1 is 1.57 bits per heavy atom. The maximum atomic E-state index is 11.5. The third kappa shape index (κ3) is 0.711. The Bertz CT molecular complexity index is 316. The lowest BCUT2D eigenvalue weighted by Crippen LogP contribution is -2.55. The van der Waals surface area contributed by atoms with Crippen LogP contribution in [0.5, 0.6) is 0 Å². The van der Waals surface area contributed by atoms with Crippen molar-refractivity contribution in [1.29, 1.82) is 0 Å². The highest BCUT2D eigenvalue weighted by Crippen LogP contribution is 2.60. The van der Waals surface area contributed by atoms with Gasteiger partial charge in [0.05, 0.1) is 6.61 Å². The minimum Gasteiger partial charge on any atom is -0.465 e. The Hall–Kier alpha value is -0.650. The van der Waals surface area contributed by atoms with Crippen LogP contribution in [0.2, 0.25) is 0 Å². The molecule has 2 saturated heterocycles. The van der Waals surface area contributed by atoms with Gasteiger partial charge in [-0.05, 0) is 6.92 Å². The first kappa shape index (κ1) is 8.64. The molecule has 2 aliphatic heterocycles. The standard InChI is InChI=1S/C9H12O5/c1-8-4-7(11)13-3-2-9(4,12)5(10)6(8)14-8/h4-6,10,12H,2-3H2,1H3/t4-,5?,6+,8?,9-/m1/s1. The number of epoxide rings is 1. The van der Waals surface area contributed by atoms with E-state index >= 15 is 0 Å². The van der Waals surface area contributed by atoms with Gasteiger partial charge in [-0.1, -0.05) is 0 Å². The second-order valence-corrected chi connectivity index (χ2v) is 4.51. The summed E-state index contributed by atoms with van der Waals surface area (Å²) >= 11 is 0. The van der Waals surface area contributed by atoms with Gasteiger partial charge in [-0.15, -0.1) is 0 Å². The van der Waals surface area contributed by atoms with Gasteiger partial charge in [-0.2, -0.15) is 0 Å². The molecule has 0 aromatic rings. The van der Waals surface area contributed by atoms with Crippen LogP contribution in [0.15, 0.2) is 0 Å². The molecule has 3 rings (SSSR count). The lowest BCUT2D eigenvalue weighted by atomic mass is 9.80. The van der Waals surface area contributed by atoms with E-state index in [-0.39, 0.29) is 6.61 Å². The molecule has 2 unspecified atom stereocenters. The molecule has 2 N–H and O–H groups in total.